The molecule has 3 N–H and O–H groups in total. The van der Waals surface area contributed by atoms with E-state index in [-0.39, 0.29) is 23.4 Å². The summed E-state index contributed by atoms with van der Waals surface area (Å²) in [6, 6.07) is 7.94. The van der Waals surface area contributed by atoms with Crippen molar-refractivity contribution in [3.63, 3.8) is 0 Å². The van der Waals surface area contributed by atoms with E-state index in [0.29, 0.717) is 22.7 Å². The number of benzene rings is 1. The van der Waals surface area contributed by atoms with Crippen LogP contribution in [0.1, 0.15) is 29.4 Å². The molecule has 2 aliphatic heterocycles. The molecule has 0 radical (unpaired) electrons. The number of fused-ring (bicyclic) bond motifs is 1. The van der Waals surface area contributed by atoms with Crippen LogP contribution in [0.4, 0.5) is 17.6 Å². The van der Waals surface area contributed by atoms with Crippen molar-refractivity contribution < 1.29 is 17.6 Å². The molecule has 3 heterocycles. The average molecular weight is 404 g/mol. The molecule has 1 aromatic carbocycles. The van der Waals surface area contributed by atoms with Gasteiger partial charge in [-0.15, -0.1) is 0 Å². The third kappa shape index (κ3) is 3.46. The van der Waals surface area contributed by atoms with Crippen LogP contribution in [0.25, 0.3) is 11.3 Å². The molecule has 0 spiro atoms. The highest BCUT2D eigenvalue weighted by Crippen LogP contribution is 2.37. The fraction of sp³-hybridized carbons (Fsp3) is 0.211. The molecule has 29 heavy (non-hydrogen) atoms. The van der Waals surface area contributed by atoms with Crippen LogP contribution in [0.5, 0.6) is 0 Å². The lowest BCUT2D eigenvalue weighted by Crippen LogP contribution is -2.50. The minimum absolute atomic E-state index is 0.0815. The van der Waals surface area contributed by atoms with Gasteiger partial charge in [0.25, 0.3) is 0 Å². The summed E-state index contributed by atoms with van der Waals surface area (Å²) in [5.74, 6) is -0.0288. The maximum absolute atomic E-state index is 13.4. The van der Waals surface area contributed by atoms with Gasteiger partial charge in [0, 0.05) is 11.3 Å². The topological polar surface area (TPSA) is 78.9 Å². The zero-order chi connectivity index (χ0) is 20.9. The zero-order valence-corrected chi connectivity index (χ0v) is 15.4. The van der Waals surface area contributed by atoms with Crippen LogP contribution in [-0.2, 0) is 6.18 Å². The quantitative estimate of drug-likeness (QED) is 0.753. The predicted molar refractivity (Wildman–Crippen MR) is 101 cm³/mol. The third-order valence-corrected chi connectivity index (χ3v) is 4.41. The largest absolute Gasteiger partial charge is 0.433 e. The number of aryl methyl sites for hydroxylation is 1. The second-order valence-corrected chi connectivity index (χ2v) is 6.67. The van der Waals surface area contributed by atoms with Crippen LogP contribution in [0.3, 0.4) is 0 Å². The van der Waals surface area contributed by atoms with E-state index in [0.717, 1.165) is 6.07 Å². The molecule has 2 aliphatic rings. The number of pyridine rings is 1. The van der Waals surface area contributed by atoms with Gasteiger partial charge in [0.05, 0.1) is 11.3 Å². The van der Waals surface area contributed by atoms with Gasteiger partial charge < -0.3 is 5.73 Å². The van der Waals surface area contributed by atoms with E-state index in [1.54, 1.807) is 6.92 Å². The van der Waals surface area contributed by atoms with Crippen LogP contribution < -0.4 is 11.2 Å². The number of guanidine groups is 1. The number of aromatic nitrogens is 1. The van der Waals surface area contributed by atoms with Crippen molar-refractivity contribution in [2.24, 2.45) is 15.7 Å². The Hall–Kier alpha value is -3.27. The Balaban J connectivity index is 2.01. The summed E-state index contributed by atoms with van der Waals surface area (Å²) in [5.41, 5.74) is 9.57. The molecule has 4 rings (SSSR count). The van der Waals surface area contributed by atoms with Gasteiger partial charge in [0.15, 0.2) is 5.84 Å². The first kappa shape index (κ1) is 19.1. The zero-order valence-electron chi connectivity index (χ0n) is 15.4. The summed E-state index contributed by atoms with van der Waals surface area (Å²) in [4.78, 5) is 12.4. The summed E-state index contributed by atoms with van der Waals surface area (Å²) in [6.07, 6.45) is -4.97. The molecule has 1 unspecified atom stereocenters. The minimum Gasteiger partial charge on any atom is -0.368 e. The molecule has 0 amide bonds. The Morgan fingerprint density at radius 1 is 1.10 bits per heavy atom. The van der Waals surface area contributed by atoms with E-state index in [4.69, 9.17) is 5.73 Å². The number of hydrogen-bond donors (Lipinski definition) is 2. The number of nitrogens with two attached hydrogens (primary N) is 1. The number of hydrazine groups is 1. The molecule has 0 aliphatic carbocycles. The van der Waals surface area contributed by atoms with Crippen LogP contribution in [-0.4, -0.2) is 28.0 Å². The standard InChI is InChI=1S/C19H16F4N6/c1-9-7-12(8-14(25-9)19(21,22)23)15-16(11-3-5-13(20)6-4-11)27-18(24)29-17(15)26-10(2)28-29/h3-8,10,28H,1-2H3,(H2,24,27). The summed E-state index contributed by atoms with van der Waals surface area (Å²) >= 11 is 0. The molecule has 0 saturated heterocycles. The number of nitrogens with one attached hydrogen (secondary N) is 1. The smallest absolute Gasteiger partial charge is 0.368 e. The van der Waals surface area contributed by atoms with E-state index in [2.05, 4.69) is 20.4 Å². The molecular formula is C19H16F4N6. The monoisotopic (exact) mass is 404 g/mol. The molecule has 0 fully saturated rings. The fourth-order valence-electron chi connectivity index (χ4n) is 3.24. The van der Waals surface area contributed by atoms with E-state index in [9.17, 15) is 17.6 Å². The maximum Gasteiger partial charge on any atom is 0.433 e. The molecule has 2 aromatic rings. The maximum atomic E-state index is 13.4. The van der Waals surface area contributed by atoms with Crippen LogP contribution in [0, 0.1) is 12.7 Å². The average Bonchev–Trinajstić information content (AvgIpc) is 3.03. The first-order valence-electron chi connectivity index (χ1n) is 8.68. The molecule has 0 bridgehead atoms. The minimum atomic E-state index is -4.61. The van der Waals surface area contributed by atoms with E-state index in [1.807, 2.05) is 0 Å². The molecule has 1 atom stereocenters. The van der Waals surface area contributed by atoms with Crippen molar-refractivity contribution in [2.45, 2.75) is 26.2 Å². The van der Waals surface area contributed by atoms with E-state index in [1.165, 1.54) is 42.3 Å². The third-order valence-electron chi connectivity index (χ3n) is 4.41. The second kappa shape index (κ2) is 6.66. The lowest BCUT2D eigenvalue weighted by Gasteiger charge is -2.27. The van der Waals surface area contributed by atoms with Gasteiger partial charge in [0.2, 0.25) is 5.96 Å². The van der Waals surface area contributed by atoms with Gasteiger partial charge >= 0.3 is 6.18 Å². The van der Waals surface area contributed by atoms with Crippen LogP contribution >= 0.6 is 0 Å². The summed E-state index contributed by atoms with van der Waals surface area (Å²) in [5, 5.41) is 1.43. The van der Waals surface area contributed by atoms with E-state index >= 15 is 0 Å². The predicted octanol–water partition coefficient (Wildman–Crippen LogP) is 3.31. The highest BCUT2D eigenvalue weighted by molar-refractivity contribution is 6.35. The van der Waals surface area contributed by atoms with Crippen LogP contribution in [0.2, 0.25) is 0 Å². The van der Waals surface area contributed by atoms with Gasteiger partial charge in [-0.05, 0) is 55.8 Å². The lowest BCUT2D eigenvalue weighted by atomic mass is 9.96. The molecule has 150 valence electrons. The molecule has 6 nitrogen and oxygen atoms in total. The fourth-order valence-corrected chi connectivity index (χ4v) is 3.24. The molecule has 1 aromatic heterocycles. The van der Waals surface area contributed by atoms with Crippen molar-refractivity contribution in [2.75, 3.05) is 0 Å². The Bertz CT molecular complexity index is 1070. The Morgan fingerprint density at radius 2 is 1.79 bits per heavy atom. The number of amidine groups is 1. The Morgan fingerprint density at radius 3 is 2.45 bits per heavy atom. The number of hydrogen-bond acceptors (Lipinski definition) is 6. The highest BCUT2D eigenvalue weighted by atomic mass is 19.4. The lowest BCUT2D eigenvalue weighted by molar-refractivity contribution is -0.141. The highest BCUT2D eigenvalue weighted by Gasteiger charge is 2.37. The first-order chi connectivity index (χ1) is 13.6. The molecule has 10 heteroatoms. The van der Waals surface area contributed by atoms with Crippen molar-refractivity contribution >= 4 is 23.1 Å². The number of alkyl halides is 3. The summed E-state index contributed by atoms with van der Waals surface area (Å²) in [7, 11) is 0. The summed E-state index contributed by atoms with van der Waals surface area (Å²) < 4.78 is 53.5. The van der Waals surface area contributed by atoms with Crippen molar-refractivity contribution in [3.8, 4) is 0 Å². The first-order valence-corrected chi connectivity index (χ1v) is 8.68. The van der Waals surface area contributed by atoms with Gasteiger partial charge in [-0.1, -0.05) is 0 Å². The number of aliphatic imine (C=N–C) groups is 2. The second-order valence-electron chi connectivity index (χ2n) is 6.67. The van der Waals surface area contributed by atoms with E-state index < -0.39 is 17.7 Å². The van der Waals surface area contributed by atoms with Crippen molar-refractivity contribution in [1.82, 2.24) is 15.4 Å². The van der Waals surface area contributed by atoms with Gasteiger partial charge in [-0.2, -0.15) is 13.2 Å². The van der Waals surface area contributed by atoms with Crippen LogP contribution in [0.15, 0.2) is 46.4 Å². The Kier molecular flexibility index (Phi) is 4.38. The van der Waals surface area contributed by atoms with Gasteiger partial charge in [0.1, 0.15) is 17.7 Å². The van der Waals surface area contributed by atoms with Crippen molar-refractivity contribution in [3.05, 3.63) is 64.7 Å². The van der Waals surface area contributed by atoms with Gasteiger partial charge in [-0.3, -0.25) is 0 Å². The Labute approximate surface area is 163 Å². The molecule has 0 saturated carbocycles. The molecular weight excluding hydrogens is 388 g/mol. The van der Waals surface area contributed by atoms with Gasteiger partial charge in [-0.25, -0.2) is 29.8 Å². The number of halogens is 4. The SMILES string of the molecule is Cc1cc(C2=C(c3ccc(F)cc3)N=C(N)N3NC(C)N=C23)cc(C(F)(F)F)n1. The van der Waals surface area contributed by atoms with Crippen molar-refractivity contribution in [1.29, 1.82) is 0 Å². The number of nitrogens with zero attached hydrogens (tertiary/aromatic N) is 4. The summed E-state index contributed by atoms with van der Waals surface area (Å²) in [6.45, 7) is 3.25. The number of rotatable bonds is 2. The normalized spacial score (nSPS) is 19.2.